The standard InChI is InChI=1S/C20H14N4S.F6P/c1-13-9-17(24-8-7-21-12-24)25-20(13)16-10-15-5-4-14-3-2-6-22-18(14)19(15)23-11-16;1-7(2,3,4,5)6/h2-12H,1H3;/q;-1/p+1. The van der Waals surface area contributed by atoms with Gasteiger partial charge in [-0.25, -0.2) is 4.98 Å². The summed E-state index contributed by atoms with van der Waals surface area (Å²) in [5.74, 6) is 0. The molecule has 5 rings (SSSR count). The van der Waals surface area contributed by atoms with E-state index in [1.165, 1.54) is 15.4 Å². The fourth-order valence-corrected chi connectivity index (χ4v) is 4.28. The monoisotopic (exact) mass is 488 g/mol. The number of halogens is 6. The topological polar surface area (TPSA) is 45.5 Å². The number of H-pyrrole nitrogens is 1. The van der Waals surface area contributed by atoms with Gasteiger partial charge in [-0.2, -0.15) is 4.57 Å². The number of pyridine rings is 2. The van der Waals surface area contributed by atoms with Crippen LogP contribution in [0.25, 0.3) is 37.2 Å². The summed E-state index contributed by atoms with van der Waals surface area (Å²) in [7, 11) is -10.7. The van der Waals surface area contributed by atoms with E-state index in [4.69, 9.17) is 4.98 Å². The number of aryl methyl sites for hydroxylation is 1. The molecule has 0 aliphatic heterocycles. The Bertz CT molecular complexity index is 1420. The molecule has 12 heteroatoms. The van der Waals surface area contributed by atoms with Crippen LogP contribution in [-0.4, -0.2) is 15.0 Å². The molecule has 1 aromatic carbocycles. The number of thiophene rings is 1. The predicted molar refractivity (Wildman–Crippen MR) is 115 cm³/mol. The van der Waals surface area contributed by atoms with Gasteiger partial charge >= 0.3 is 33.0 Å². The summed E-state index contributed by atoms with van der Waals surface area (Å²) in [6.07, 6.45) is 9.67. The van der Waals surface area contributed by atoms with Crippen LogP contribution in [-0.2, 0) is 0 Å². The Morgan fingerprint density at radius 1 is 0.938 bits per heavy atom. The van der Waals surface area contributed by atoms with E-state index in [1.807, 2.05) is 37.2 Å². The fraction of sp³-hybridized carbons (Fsp3) is 0.0500. The van der Waals surface area contributed by atoms with E-state index >= 15 is 0 Å². The van der Waals surface area contributed by atoms with Gasteiger partial charge in [-0.05, 0) is 24.6 Å². The normalized spacial score (nSPS) is 14.0. The number of hydrogen-bond donors (Lipinski definition) is 1. The van der Waals surface area contributed by atoms with Crippen molar-refractivity contribution in [1.29, 1.82) is 0 Å². The molecule has 0 radical (unpaired) electrons. The second-order valence-electron chi connectivity index (χ2n) is 7.01. The van der Waals surface area contributed by atoms with Crippen molar-refractivity contribution >= 4 is 41.0 Å². The van der Waals surface area contributed by atoms with Crippen LogP contribution < -0.4 is 4.57 Å². The van der Waals surface area contributed by atoms with Crippen LogP contribution in [0.15, 0.2) is 67.5 Å². The van der Waals surface area contributed by atoms with Gasteiger partial charge in [0, 0.05) is 39.7 Å². The number of nitrogens with one attached hydrogen (secondary N) is 1. The van der Waals surface area contributed by atoms with Crippen LogP contribution in [0.2, 0.25) is 0 Å². The van der Waals surface area contributed by atoms with Crippen LogP contribution >= 0.6 is 19.1 Å². The van der Waals surface area contributed by atoms with Gasteiger partial charge in [-0.1, -0.05) is 29.5 Å². The molecule has 1 N–H and O–H groups in total. The Hall–Kier alpha value is -3.04. The van der Waals surface area contributed by atoms with E-state index in [0.717, 1.165) is 27.4 Å². The van der Waals surface area contributed by atoms with Gasteiger partial charge in [0.2, 0.25) is 6.33 Å². The van der Waals surface area contributed by atoms with Crippen molar-refractivity contribution in [2.45, 2.75) is 6.92 Å². The second-order valence-corrected chi connectivity index (χ2v) is 9.96. The molecule has 0 unspecified atom stereocenters. The van der Waals surface area contributed by atoms with Crippen LogP contribution in [0.5, 0.6) is 0 Å². The summed E-state index contributed by atoms with van der Waals surface area (Å²) in [6, 6.07) is 12.7. The zero-order chi connectivity index (χ0) is 23.2. The maximum atomic E-state index is 9.87. The third kappa shape index (κ3) is 5.60. The van der Waals surface area contributed by atoms with Crippen molar-refractivity contribution in [2.24, 2.45) is 0 Å². The molecule has 0 saturated heterocycles. The van der Waals surface area contributed by atoms with Crippen molar-refractivity contribution in [3.05, 3.63) is 73.1 Å². The van der Waals surface area contributed by atoms with Gasteiger partial charge in [0.25, 0.3) is 0 Å². The predicted octanol–water partition coefficient (Wildman–Crippen LogP) is 7.81. The molecular weight excluding hydrogens is 473 g/mol. The number of aromatic amines is 1. The molecule has 0 aliphatic carbocycles. The number of rotatable bonds is 2. The van der Waals surface area contributed by atoms with Crippen molar-refractivity contribution in [3.8, 4) is 15.4 Å². The van der Waals surface area contributed by atoms with Crippen LogP contribution in [0, 0.1) is 6.92 Å². The Morgan fingerprint density at radius 2 is 1.62 bits per heavy atom. The molecule has 4 nitrogen and oxygen atoms in total. The van der Waals surface area contributed by atoms with Crippen molar-refractivity contribution in [3.63, 3.8) is 0 Å². The number of nitrogens with zero attached hydrogens (tertiary/aromatic N) is 3. The summed E-state index contributed by atoms with van der Waals surface area (Å²) in [6.45, 7) is 2.15. The molecule has 5 aromatic rings. The Labute approximate surface area is 181 Å². The molecule has 0 amide bonds. The summed E-state index contributed by atoms with van der Waals surface area (Å²) >= 11 is 1.77. The average Bonchev–Trinajstić information content (AvgIpc) is 3.34. The third-order valence-electron chi connectivity index (χ3n) is 4.39. The summed E-state index contributed by atoms with van der Waals surface area (Å²) < 4.78 is 61.3. The third-order valence-corrected chi connectivity index (χ3v) is 5.69. The van der Waals surface area contributed by atoms with Gasteiger partial charge in [-0.3, -0.25) is 9.97 Å². The van der Waals surface area contributed by atoms with Crippen molar-refractivity contribution in [2.75, 3.05) is 0 Å². The van der Waals surface area contributed by atoms with Crippen LogP contribution in [0.4, 0.5) is 25.2 Å². The van der Waals surface area contributed by atoms with Crippen molar-refractivity contribution in [1.82, 2.24) is 15.0 Å². The molecule has 0 atom stereocenters. The van der Waals surface area contributed by atoms with Gasteiger partial charge < -0.3 is 0 Å². The van der Waals surface area contributed by atoms with E-state index in [1.54, 1.807) is 11.3 Å². The first-order valence-corrected chi connectivity index (χ1v) is 11.9. The molecule has 0 saturated carbocycles. The zero-order valence-corrected chi connectivity index (χ0v) is 18.0. The number of benzene rings is 1. The van der Waals surface area contributed by atoms with E-state index in [9.17, 15) is 25.2 Å². The SMILES string of the molecule is Cc1cc(-[n+]2cc[nH]c2)sc1-c1cnc2c(ccc3cccnc32)c1.F[P-](F)(F)(F)(F)F. The Morgan fingerprint density at radius 3 is 2.31 bits per heavy atom. The molecule has 4 aromatic heterocycles. The zero-order valence-electron chi connectivity index (χ0n) is 16.3. The first kappa shape index (κ1) is 22.2. The second kappa shape index (κ2) is 6.98. The molecule has 4 heterocycles. The Kier molecular flexibility index (Phi) is 4.83. The van der Waals surface area contributed by atoms with Gasteiger partial charge in [0.05, 0.1) is 11.0 Å². The first-order valence-electron chi connectivity index (χ1n) is 9.10. The van der Waals surface area contributed by atoms with Gasteiger partial charge in [-0.15, -0.1) is 0 Å². The molecule has 0 aliphatic rings. The summed E-state index contributed by atoms with van der Waals surface area (Å²) in [5.41, 5.74) is 4.32. The van der Waals surface area contributed by atoms with E-state index in [-0.39, 0.29) is 0 Å². The first-order chi connectivity index (χ1) is 14.7. The Balaban J connectivity index is 0.000000307. The average molecular weight is 488 g/mol. The maximum absolute atomic E-state index is 10.7. The number of fused-ring (bicyclic) bond motifs is 3. The fourth-order valence-electron chi connectivity index (χ4n) is 3.17. The molecule has 168 valence electrons. The molecule has 0 spiro atoms. The van der Waals surface area contributed by atoms with E-state index < -0.39 is 7.81 Å². The number of hydrogen-bond acceptors (Lipinski definition) is 3. The number of imidazole rings is 1. The minimum atomic E-state index is -10.7. The van der Waals surface area contributed by atoms with Crippen LogP contribution in [0.3, 0.4) is 0 Å². The summed E-state index contributed by atoms with van der Waals surface area (Å²) in [4.78, 5) is 13.6. The van der Waals surface area contributed by atoms with E-state index in [2.05, 4.69) is 51.8 Å². The van der Waals surface area contributed by atoms with Crippen molar-refractivity contribution < 1.29 is 29.7 Å². The van der Waals surface area contributed by atoms with Gasteiger partial charge in [0.15, 0.2) is 5.00 Å². The quantitative estimate of drug-likeness (QED) is 0.119. The molecule has 0 bridgehead atoms. The molecule has 0 fully saturated rings. The van der Waals surface area contributed by atoms with Crippen LogP contribution in [0.1, 0.15) is 5.56 Å². The molecular formula is C20H15F6N4PS. The molecule has 32 heavy (non-hydrogen) atoms. The summed E-state index contributed by atoms with van der Waals surface area (Å²) in [5, 5.41) is 3.43. The van der Waals surface area contributed by atoms with Gasteiger partial charge in [0.1, 0.15) is 12.4 Å². The number of aromatic nitrogens is 4. The minimum absolute atomic E-state index is 0.955. The van der Waals surface area contributed by atoms with E-state index in [0.29, 0.717) is 0 Å².